The van der Waals surface area contributed by atoms with Crippen molar-refractivity contribution in [2.75, 3.05) is 51.7 Å². The molecule has 1 saturated heterocycles. The molecule has 2 heterocycles. The summed E-state index contributed by atoms with van der Waals surface area (Å²) in [6, 6.07) is 9.53. The second-order valence-corrected chi connectivity index (χ2v) is 9.46. The first kappa shape index (κ1) is 20.3. The van der Waals surface area contributed by atoms with Crippen LogP contribution in [0.25, 0.3) is 10.1 Å². The average Bonchev–Trinajstić information content (AvgIpc) is 3.22. The molecule has 1 aliphatic carbocycles. The van der Waals surface area contributed by atoms with E-state index in [1.54, 1.807) is 5.57 Å². The van der Waals surface area contributed by atoms with Gasteiger partial charge in [-0.3, -0.25) is 4.90 Å². The zero-order valence-corrected chi connectivity index (χ0v) is 18.7. The van der Waals surface area contributed by atoms with Crippen molar-refractivity contribution < 1.29 is 0 Å². The molecular formula is C24H34N4S. The maximum atomic E-state index is 4.09. The quantitative estimate of drug-likeness (QED) is 0.678. The minimum atomic E-state index is 0.539. The topological polar surface area (TPSA) is 21.8 Å². The van der Waals surface area contributed by atoms with Crippen molar-refractivity contribution in [3.63, 3.8) is 0 Å². The van der Waals surface area contributed by atoms with Gasteiger partial charge >= 0.3 is 0 Å². The van der Waals surface area contributed by atoms with Gasteiger partial charge in [-0.15, -0.1) is 11.3 Å². The molecule has 156 valence electrons. The number of hydrogen-bond donors (Lipinski definition) is 1. The van der Waals surface area contributed by atoms with Gasteiger partial charge in [-0.1, -0.05) is 24.3 Å². The van der Waals surface area contributed by atoms with E-state index >= 15 is 0 Å². The van der Waals surface area contributed by atoms with Gasteiger partial charge in [-0.05, 0) is 49.3 Å². The lowest BCUT2D eigenvalue weighted by atomic mass is 9.93. The van der Waals surface area contributed by atoms with Crippen LogP contribution in [0.3, 0.4) is 0 Å². The van der Waals surface area contributed by atoms with Gasteiger partial charge in [0.05, 0.1) is 5.82 Å². The number of piperazine rings is 1. The Balaban J connectivity index is 1.22. The maximum Gasteiger partial charge on any atom is 0.0935 e. The molecule has 5 heteroatoms. The normalized spacial score (nSPS) is 20.6. The molecule has 0 amide bonds. The van der Waals surface area contributed by atoms with Crippen LogP contribution >= 0.6 is 11.3 Å². The van der Waals surface area contributed by atoms with Crippen LogP contribution in [0.2, 0.25) is 0 Å². The van der Waals surface area contributed by atoms with Crippen molar-refractivity contribution in [1.82, 2.24) is 15.1 Å². The molecule has 1 aromatic carbocycles. The van der Waals surface area contributed by atoms with Crippen molar-refractivity contribution in [2.24, 2.45) is 0 Å². The lowest BCUT2D eigenvalue weighted by Crippen LogP contribution is -2.46. The molecule has 0 spiro atoms. The second-order valence-electron chi connectivity index (χ2n) is 8.51. The summed E-state index contributed by atoms with van der Waals surface area (Å²) in [5.41, 5.74) is 3.06. The Kier molecular flexibility index (Phi) is 6.46. The van der Waals surface area contributed by atoms with Crippen LogP contribution in [0.4, 0.5) is 5.69 Å². The van der Waals surface area contributed by atoms with Crippen LogP contribution in [0.5, 0.6) is 0 Å². The summed E-state index contributed by atoms with van der Waals surface area (Å²) in [4.78, 5) is 7.26. The number of benzene rings is 1. The molecule has 1 atom stereocenters. The number of hydrogen-bond acceptors (Lipinski definition) is 5. The van der Waals surface area contributed by atoms with Crippen LogP contribution in [0.15, 0.2) is 53.7 Å². The molecule has 0 bridgehead atoms. The molecule has 0 radical (unpaired) electrons. The Morgan fingerprint density at radius 2 is 2.03 bits per heavy atom. The van der Waals surface area contributed by atoms with Crippen molar-refractivity contribution in [3.8, 4) is 0 Å². The van der Waals surface area contributed by atoms with Crippen LogP contribution < -0.4 is 10.2 Å². The maximum absolute atomic E-state index is 4.09. The minimum Gasteiger partial charge on any atom is -0.369 e. The van der Waals surface area contributed by atoms with E-state index in [1.165, 1.54) is 54.7 Å². The molecule has 0 saturated carbocycles. The van der Waals surface area contributed by atoms with Gasteiger partial charge in [-0.2, -0.15) is 0 Å². The highest BCUT2D eigenvalue weighted by atomic mass is 32.1. The lowest BCUT2D eigenvalue weighted by Gasteiger charge is -2.37. The minimum absolute atomic E-state index is 0.539. The number of fused-ring (bicyclic) bond motifs is 1. The number of nitrogens with zero attached hydrogens (tertiary/aromatic N) is 3. The van der Waals surface area contributed by atoms with Gasteiger partial charge < -0.3 is 15.1 Å². The first-order valence-electron chi connectivity index (χ1n) is 10.8. The SMILES string of the molecule is C=C(NC1CC=C(CCN2CCN(c3cccc4sccc34)CC2)CC1)N(C)C. The summed E-state index contributed by atoms with van der Waals surface area (Å²) >= 11 is 1.84. The first-order chi connectivity index (χ1) is 14.1. The van der Waals surface area contributed by atoms with Crippen LogP contribution in [-0.2, 0) is 0 Å². The monoisotopic (exact) mass is 410 g/mol. The van der Waals surface area contributed by atoms with E-state index in [-0.39, 0.29) is 0 Å². The standard InChI is InChI=1S/C24H34N4S/c1-19(26(2)3)25-21-9-7-20(8-10-21)11-13-27-14-16-28(17-15-27)23-5-4-6-24-22(23)12-18-29-24/h4-7,12,18,21,25H,1,8-11,13-17H2,2-3H3. The van der Waals surface area contributed by atoms with E-state index < -0.39 is 0 Å². The fourth-order valence-corrected chi connectivity index (χ4v) is 5.19. The Morgan fingerprint density at radius 3 is 2.76 bits per heavy atom. The van der Waals surface area contributed by atoms with Crippen molar-refractivity contribution in [2.45, 2.75) is 31.7 Å². The summed E-state index contributed by atoms with van der Waals surface area (Å²) in [6.45, 7) is 9.89. The average molecular weight is 411 g/mol. The number of nitrogens with one attached hydrogen (secondary N) is 1. The molecule has 1 fully saturated rings. The molecule has 1 aromatic heterocycles. The Labute approximate surface area is 179 Å². The summed E-state index contributed by atoms with van der Waals surface area (Å²) < 4.78 is 1.40. The van der Waals surface area contributed by atoms with Crippen molar-refractivity contribution in [3.05, 3.63) is 53.7 Å². The predicted molar refractivity (Wildman–Crippen MR) is 127 cm³/mol. The summed E-state index contributed by atoms with van der Waals surface area (Å²) in [7, 11) is 4.08. The van der Waals surface area contributed by atoms with Crippen molar-refractivity contribution in [1.29, 1.82) is 0 Å². The van der Waals surface area contributed by atoms with Crippen LogP contribution in [-0.4, -0.2) is 62.7 Å². The highest BCUT2D eigenvalue weighted by Crippen LogP contribution is 2.31. The lowest BCUT2D eigenvalue weighted by molar-refractivity contribution is 0.259. The molecule has 29 heavy (non-hydrogen) atoms. The van der Waals surface area contributed by atoms with Gasteiger partial charge in [0.2, 0.25) is 0 Å². The summed E-state index contributed by atoms with van der Waals surface area (Å²) in [6.07, 6.45) is 7.26. The summed E-state index contributed by atoms with van der Waals surface area (Å²) in [5, 5.41) is 7.17. The number of anilines is 1. The fraction of sp³-hybridized carbons (Fsp3) is 0.500. The molecule has 1 N–H and O–H groups in total. The Morgan fingerprint density at radius 1 is 1.21 bits per heavy atom. The largest absolute Gasteiger partial charge is 0.369 e. The van der Waals surface area contributed by atoms with Crippen molar-refractivity contribution >= 4 is 27.1 Å². The highest BCUT2D eigenvalue weighted by molar-refractivity contribution is 7.17. The predicted octanol–water partition coefficient (Wildman–Crippen LogP) is 4.51. The van der Waals surface area contributed by atoms with E-state index in [0.717, 1.165) is 25.3 Å². The zero-order chi connectivity index (χ0) is 20.2. The Bertz CT molecular complexity index is 861. The highest BCUT2D eigenvalue weighted by Gasteiger charge is 2.20. The van der Waals surface area contributed by atoms with Gasteiger partial charge in [0.25, 0.3) is 0 Å². The van der Waals surface area contributed by atoms with Crippen LogP contribution in [0.1, 0.15) is 25.7 Å². The molecule has 2 aromatic rings. The fourth-order valence-electron chi connectivity index (χ4n) is 4.38. The van der Waals surface area contributed by atoms with E-state index in [4.69, 9.17) is 0 Å². The zero-order valence-electron chi connectivity index (χ0n) is 17.9. The van der Waals surface area contributed by atoms with E-state index in [2.05, 4.69) is 62.3 Å². The van der Waals surface area contributed by atoms with E-state index in [9.17, 15) is 0 Å². The Hall–Kier alpha value is -1.98. The number of thiophene rings is 1. The van der Waals surface area contributed by atoms with Gasteiger partial charge in [0.1, 0.15) is 0 Å². The van der Waals surface area contributed by atoms with E-state index in [0.29, 0.717) is 6.04 Å². The van der Waals surface area contributed by atoms with E-state index in [1.807, 2.05) is 25.4 Å². The molecule has 1 aliphatic heterocycles. The molecular weight excluding hydrogens is 376 g/mol. The molecule has 2 aliphatic rings. The molecule has 4 rings (SSSR count). The molecule has 1 unspecified atom stereocenters. The second kappa shape index (κ2) is 9.23. The van der Waals surface area contributed by atoms with Gasteiger partial charge in [0.15, 0.2) is 0 Å². The third-order valence-electron chi connectivity index (χ3n) is 6.35. The van der Waals surface area contributed by atoms with Gasteiger partial charge in [-0.25, -0.2) is 0 Å². The smallest absolute Gasteiger partial charge is 0.0935 e. The summed E-state index contributed by atoms with van der Waals surface area (Å²) in [5.74, 6) is 1.02. The number of rotatable bonds is 7. The third kappa shape index (κ3) is 4.96. The first-order valence-corrected chi connectivity index (χ1v) is 11.7. The molecule has 4 nitrogen and oxygen atoms in total. The third-order valence-corrected chi connectivity index (χ3v) is 7.23. The van der Waals surface area contributed by atoms with Gasteiger partial charge in [0, 0.05) is 68.6 Å². The van der Waals surface area contributed by atoms with Crippen LogP contribution in [0, 0.1) is 0 Å².